The largest absolute Gasteiger partial charge is 0.756 e. The van der Waals surface area contributed by atoms with E-state index in [4.69, 9.17) is 9.05 Å². The number of quaternary nitrogens is 1. The molecule has 0 bridgehead atoms. The molecule has 0 spiro atoms. The Balaban J connectivity index is 4.47. The van der Waals surface area contributed by atoms with Crippen molar-refractivity contribution in [2.45, 2.75) is 212 Å². The van der Waals surface area contributed by atoms with Crippen LogP contribution in [0.25, 0.3) is 0 Å². The van der Waals surface area contributed by atoms with Gasteiger partial charge in [-0.3, -0.25) is 9.36 Å². The van der Waals surface area contributed by atoms with Crippen molar-refractivity contribution in [1.29, 1.82) is 0 Å². The number of phosphoric ester groups is 1. The predicted molar refractivity (Wildman–Crippen MR) is 224 cm³/mol. The van der Waals surface area contributed by atoms with Gasteiger partial charge in [-0.05, 0) is 32.1 Å². The Labute approximate surface area is 328 Å². The van der Waals surface area contributed by atoms with Gasteiger partial charge in [0.15, 0.2) is 0 Å². The fourth-order valence-electron chi connectivity index (χ4n) is 6.34. The van der Waals surface area contributed by atoms with Crippen LogP contribution >= 0.6 is 7.82 Å². The molecule has 314 valence electrons. The smallest absolute Gasteiger partial charge is 0.268 e. The number of amides is 1. The lowest BCUT2D eigenvalue weighted by Crippen LogP contribution is -2.45. The predicted octanol–water partition coefficient (Wildman–Crippen LogP) is 11.5. The molecule has 3 atom stereocenters. The van der Waals surface area contributed by atoms with Gasteiger partial charge in [0.05, 0.1) is 39.9 Å². The highest BCUT2D eigenvalue weighted by Gasteiger charge is 2.23. The zero-order valence-corrected chi connectivity index (χ0v) is 36.4. The molecule has 8 nitrogen and oxygen atoms in total. The molecule has 2 N–H and O–H groups in total. The minimum Gasteiger partial charge on any atom is -0.756 e. The van der Waals surface area contributed by atoms with E-state index in [1.807, 2.05) is 27.2 Å². The van der Waals surface area contributed by atoms with Gasteiger partial charge in [0, 0.05) is 6.42 Å². The fourth-order valence-corrected chi connectivity index (χ4v) is 7.07. The van der Waals surface area contributed by atoms with Crippen LogP contribution in [-0.4, -0.2) is 68.5 Å². The minimum absolute atomic E-state index is 0.00430. The maximum atomic E-state index is 12.8. The monoisotopic (exact) mass is 771 g/mol. The van der Waals surface area contributed by atoms with Gasteiger partial charge in [0.1, 0.15) is 13.2 Å². The van der Waals surface area contributed by atoms with Crippen molar-refractivity contribution in [2.24, 2.45) is 0 Å². The fraction of sp³-hybridized carbons (Fsp3) is 0.886. The van der Waals surface area contributed by atoms with Gasteiger partial charge in [-0.15, -0.1) is 0 Å². The van der Waals surface area contributed by atoms with Crippen molar-refractivity contribution in [3.8, 4) is 0 Å². The van der Waals surface area contributed by atoms with E-state index in [1.165, 1.54) is 141 Å². The summed E-state index contributed by atoms with van der Waals surface area (Å²) < 4.78 is 23.2. The van der Waals surface area contributed by atoms with Gasteiger partial charge in [0.2, 0.25) is 5.91 Å². The van der Waals surface area contributed by atoms with Crippen LogP contribution < -0.4 is 10.2 Å². The molecule has 0 aromatic rings. The number of carbonyl (C=O) groups excluding carboxylic acids is 1. The molecule has 0 fully saturated rings. The molecule has 0 saturated heterocycles. The lowest BCUT2D eigenvalue weighted by atomic mass is 10.0. The number of aliphatic hydroxyl groups excluding tert-OH is 1. The molecule has 0 aliphatic heterocycles. The second-order valence-corrected chi connectivity index (χ2v) is 17.8. The van der Waals surface area contributed by atoms with Crippen LogP contribution in [0.15, 0.2) is 24.3 Å². The lowest BCUT2D eigenvalue weighted by Gasteiger charge is -2.29. The Morgan fingerprint density at radius 3 is 1.53 bits per heavy atom. The number of nitrogens with one attached hydrogen (secondary N) is 1. The SMILES string of the molecule is CCCCCCCCCCCC/C=C/CC/C=C/[C@@H](O)[C@H](COP(=O)([O-])OCC[N+](C)(C)C)NC(=O)CCCCCCCCCCCCCCCCC. The Morgan fingerprint density at radius 2 is 1.06 bits per heavy atom. The van der Waals surface area contributed by atoms with Crippen LogP contribution in [0.3, 0.4) is 0 Å². The van der Waals surface area contributed by atoms with Gasteiger partial charge in [-0.25, -0.2) is 0 Å². The van der Waals surface area contributed by atoms with Crippen LogP contribution in [0.5, 0.6) is 0 Å². The second kappa shape index (κ2) is 36.6. The van der Waals surface area contributed by atoms with E-state index in [2.05, 4.69) is 31.3 Å². The number of hydrogen-bond acceptors (Lipinski definition) is 6. The first kappa shape index (κ1) is 52.0. The summed E-state index contributed by atoms with van der Waals surface area (Å²) in [6, 6.07) is -0.897. The quantitative estimate of drug-likeness (QED) is 0.0278. The number of allylic oxidation sites excluding steroid dienone is 3. The molecular weight excluding hydrogens is 683 g/mol. The van der Waals surface area contributed by atoms with Crippen LogP contribution in [-0.2, 0) is 18.4 Å². The van der Waals surface area contributed by atoms with Gasteiger partial charge in [-0.1, -0.05) is 186 Å². The van der Waals surface area contributed by atoms with Crippen LogP contribution in [0, 0.1) is 0 Å². The number of carbonyl (C=O) groups is 1. The molecule has 0 aromatic heterocycles. The molecule has 0 heterocycles. The van der Waals surface area contributed by atoms with Gasteiger partial charge >= 0.3 is 0 Å². The summed E-state index contributed by atoms with van der Waals surface area (Å²) in [4.78, 5) is 25.3. The Kier molecular flexibility index (Phi) is 35.9. The van der Waals surface area contributed by atoms with E-state index in [0.29, 0.717) is 17.4 Å². The van der Waals surface area contributed by atoms with E-state index in [9.17, 15) is 19.4 Å². The van der Waals surface area contributed by atoms with Crippen molar-refractivity contribution in [3.05, 3.63) is 24.3 Å². The van der Waals surface area contributed by atoms with Crippen molar-refractivity contribution in [2.75, 3.05) is 40.9 Å². The summed E-state index contributed by atoms with van der Waals surface area (Å²) >= 11 is 0. The van der Waals surface area contributed by atoms with Crippen LogP contribution in [0.2, 0.25) is 0 Å². The summed E-state index contributed by atoms with van der Waals surface area (Å²) in [5, 5.41) is 13.7. The molecule has 1 unspecified atom stereocenters. The maximum absolute atomic E-state index is 12.8. The normalized spacial score (nSPS) is 14.6. The third-order valence-electron chi connectivity index (χ3n) is 9.91. The molecule has 0 aliphatic carbocycles. The molecule has 1 amide bonds. The summed E-state index contributed by atoms with van der Waals surface area (Å²) in [5.41, 5.74) is 0. The number of hydrogen-bond donors (Lipinski definition) is 2. The Hall–Kier alpha value is -1.02. The number of aliphatic hydroxyl groups is 1. The average Bonchev–Trinajstić information content (AvgIpc) is 3.10. The number of unbranched alkanes of at least 4 members (excludes halogenated alkanes) is 25. The maximum Gasteiger partial charge on any atom is 0.268 e. The van der Waals surface area contributed by atoms with E-state index in [1.54, 1.807) is 6.08 Å². The average molecular weight is 771 g/mol. The minimum atomic E-state index is -4.59. The first-order chi connectivity index (χ1) is 25.5. The first-order valence-electron chi connectivity index (χ1n) is 22.2. The Morgan fingerprint density at radius 1 is 0.642 bits per heavy atom. The molecule has 0 rings (SSSR count). The highest BCUT2D eigenvalue weighted by atomic mass is 31.2. The van der Waals surface area contributed by atoms with Gasteiger partial charge in [0.25, 0.3) is 7.82 Å². The van der Waals surface area contributed by atoms with Crippen molar-refractivity contribution >= 4 is 13.7 Å². The van der Waals surface area contributed by atoms with Crippen LogP contribution in [0.4, 0.5) is 0 Å². The first-order valence-corrected chi connectivity index (χ1v) is 23.7. The molecule has 9 heteroatoms. The van der Waals surface area contributed by atoms with Crippen molar-refractivity contribution in [1.82, 2.24) is 5.32 Å². The highest BCUT2D eigenvalue weighted by Crippen LogP contribution is 2.38. The van der Waals surface area contributed by atoms with E-state index in [0.717, 1.165) is 38.5 Å². The van der Waals surface area contributed by atoms with Crippen molar-refractivity contribution in [3.63, 3.8) is 0 Å². The van der Waals surface area contributed by atoms with Gasteiger partial charge < -0.3 is 28.8 Å². The zero-order valence-electron chi connectivity index (χ0n) is 35.5. The number of phosphoric acid groups is 1. The number of nitrogens with zero attached hydrogens (tertiary/aromatic N) is 1. The highest BCUT2D eigenvalue weighted by molar-refractivity contribution is 7.45. The third kappa shape index (κ3) is 39.0. The summed E-state index contributed by atoms with van der Waals surface area (Å²) in [7, 11) is 1.25. The third-order valence-corrected chi connectivity index (χ3v) is 10.9. The van der Waals surface area contributed by atoms with E-state index >= 15 is 0 Å². The summed E-state index contributed by atoms with van der Waals surface area (Å²) in [5.74, 6) is -0.206. The zero-order chi connectivity index (χ0) is 39.3. The van der Waals surface area contributed by atoms with Crippen molar-refractivity contribution < 1.29 is 32.9 Å². The Bertz CT molecular complexity index is 922. The van der Waals surface area contributed by atoms with E-state index < -0.39 is 20.0 Å². The molecule has 0 radical (unpaired) electrons. The molecule has 0 aliphatic rings. The molecular formula is C44H87N2O6P. The van der Waals surface area contributed by atoms with Crippen LogP contribution in [0.1, 0.15) is 200 Å². The molecule has 53 heavy (non-hydrogen) atoms. The number of rotatable bonds is 40. The summed E-state index contributed by atoms with van der Waals surface area (Å²) in [6.07, 6.45) is 42.2. The van der Waals surface area contributed by atoms with Gasteiger partial charge in [-0.2, -0.15) is 0 Å². The lowest BCUT2D eigenvalue weighted by molar-refractivity contribution is -0.870. The standard InChI is InChI=1S/C44H87N2O6P/c1-6-8-10-12-14-16-18-20-22-24-25-27-29-31-33-35-37-43(47)42(41-52-53(49,50)51-40-39-46(3,4)5)45-44(48)38-36-34-32-30-28-26-23-21-19-17-15-13-11-9-7-2/h27,29,35,37,42-43,47H,6-26,28,30-34,36,38-41H2,1-5H3,(H-,45,48,49,50)/b29-27+,37-35+/t42-,43+/m0/s1. The molecule has 0 saturated carbocycles. The topological polar surface area (TPSA) is 108 Å². The second-order valence-electron chi connectivity index (χ2n) is 16.4. The summed E-state index contributed by atoms with van der Waals surface area (Å²) in [6.45, 7) is 4.63. The molecule has 0 aromatic carbocycles. The van der Waals surface area contributed by atoms with E-state index in [-0.39, 0.29) is 19.1 Å². The number of likely N-dealkylation sites (N-methyl/N-ethyl adjacent to an activating group) is 1.